The van der Waals surface area contributed by atoms with Crippen molar-refractivity contribution in [2.45, 2.75) is 0 Å². The summed E-state index contributed by atoms with van der Waals surface area (Å²) in [7, 11) is 3.08. The monoisotopic (exact) mass is 247 g/mol. The summed E-state index contributed by atoms with van der Waals surface area (Å²) in [5, 5.41) is 0. The molecule has 0 unspecified atom stereocenters. The van der Waals surface area contributed by atoms with Gasteiger partial charge in [-0.3, -0.25) is 0 Å². The third kappa shape index (κ3) is 3.12. The molecule has 0 amide bonds. The Morgan fingerprint density at radius 3 is 2.38 bits per heavy atom. The number of nitrogens with two attached hydrogens (primary N) is 1. The molecular weight excluding hydrogens is 233 g/mol. The van der Waals surface area contributed by atoms with Gasteiger partial charge in [0.2, 0.25) is 0 Å². The SMILES string of the molecule is COc1ccc(/C(=C/F)CN)cc1OC.Cl. The van der Waals surface area contributed by atoms with Gasteiger partial charge >= 0.3 is 0 Å². The first-order valence-electron chi connectivity index (χ1n) is 4.48. The summed E-state index contributed by atoms with van der Waals surface area (Å²) in [6, 6.07) is 5.14. The van der Waals surface area contributed by atoms with Crippen LogP contribution >= 0.6 is 12.4 Å². The van der Waals surface area contributed by atoms with Gasteiger partial charge in [0.25, 0.3) is 0 Å². The first kappa shape index (κ1) is 14.7. The standard InChI is InChI=1S/C11H14FNO2.ClH/c1-14-10-4-3-8(5-11(10)15-2)9(6-12)7-13;/h3-6H,7,13H2,1-2H3;1H/b9-6+;. The summed E-state index contributed by atoms with van der Waals surface area (Å²) in [4.78, 5) is 0. The Kier molecular flexibility index (Phi) is 6.53. The number of ether oxygens (including phenoxy) is 2. The van der Waals surface area contributed by atoms with E-state index in [9.17, 15) is 4.39 Å². The molecule has 90 valence electrons. The van der Waals surface area contributed by atoms with Gasteiger partial charge in [-0.25, -0.2) is 4.39 Å². The highest BCUT2D eigenvalue weighted by atomic mass is 35.5. The summed E-state index contributed by atoms with van der Waals surface area (Å²) in [6.45, 7) is 0.145. The van der Waals surface area contributed by atoms with Crippen LogP contribution in [0.2, 0.25) is 0 Å². The van der Waals surface area contributed by atoms with Crippen molar-refractivity contribution in [1.82, 2.24) is 0 Å². The molecular formula is C11H15ClFNO2. The van der Waals surface area contributed by atoms with Gasteiger partial charge in [0.05, 0.1) is 20.5 Å². The second-order valence-corrected chi connectivity index (χ2v) is 2.91. The van der Waals surface area contributed by atoms with Crippen molar-refractivity contribution in [2.75, 3.05) is 20.8 Å². The van der Waals surface area contributed by atoms with Crippen molar-refractivity contribution >= 4 is 18.0 Å². The van der Waals surface area contributed by atoms with Crippen molar-refractivity contribution in [3.8, 4) is 11.5 Å². The molecule has 0 aliphatic carbocycles. The zero-order valence-corrected chi connectivity index (χ0v) is 10.0. The number of methoxy groups -OCH3 is 2. The molecule has 16 heavy (non-hydrogen) atoms. The fourth-order valence-electron chi connectivity index (χ4n) is 1.26. The Morgan fingerprint density at radius 2 is 1.94 bits per heavy atom. The van der Waals surface area contributed by atoms with Gasteiger partial charge in [0.15, 0.2) is 11.5 Å². The highest BCUT2D eigenvalue weighted by Gasteiger charge is 2.06. The minimum Gasteiger partial charge on any atom is -0.493 e. The average Bonchev–Trinajstić information content (AvgIpc) is 2.30. The maximum absolute atomic E-state index is 12.4. The van der Waals surface area contributed by atoms with E-state index in [0.717, 1.165) is 0 Å². The van der Waals surface area contributed by atoms with Crippen LogP contribution in [0.25, 0.3) is 5.57 Å². The van der Waals surface area contributed by atoms with Gasteiger partial charge in [-0.2, -0.15) is 0 Å². The fraction of sp³-hybridized carbons (Fsp3) is 0.273. The van der Waals surface area contributed by atoms with Crippen LogP contribution in [0.15, 0.2) is 24.5 Å². The van der Waals surface area contributed by atoms with Crippen LogP contribution in [0.5, 0.6) is 11.5 Å². The molecule has 1 rings (SSSR count). The minimum atomic E-state index is 0. The predicted molar refractivity (Wildman–Crippen MR) is 64.9 cm³/mol. The van der Waals surface area contributed by atoms with Gasteiger partial charge in [-0.15, -0.1) is 12.4 Å². The second kappa shape index (κ2) is 7.09. The summed E-state index contributed by atoms with van der Waals surface area (Å²) in [6.07, 6.45) is 0.501. The summed E-state index contributed by atoms with van der Waals surface area (Å²) >= 11 is 0. The van der Waals surface area contributed by atoms with Crippen molar-refractivity contribution in [3.05, 3.63) is 30.1 Å². The molecule has 0 spiro atoms. The summed E-state index contributed by atoms with van der Waals surface area (Å²) in [5.74, 6) is 1.17. The lowest BCUT2D eigenvalue weighted by Crippen LogP contribution is -2.02. The van der Waals surface area contributed by atoms with E-state index in [0.29, 0.717) is 29.0 Å². The number of hydrogen-bond acceptors (Lipinski definition) is 3. The quantitative estimate of drug-likeness (QED) is 0.889. The minimum absolute atomic E-state index is 0. The Hall–Kier alpha value is -1.26. The van der Waals surface area contributed by atoms with Gasteiger partial charge in [-0.1, -0.05) is 6.07 Å². The molecule has 0 fully saturated rings. The van der Waals surface area contributed by atoms with Crippen molar-refractivity contribution in [1.29, 1.82) is 0 Å². The third-order valence-corrected chi connectivity index (χ3v) is 2.11. The number of halogens is 2. The predicted octanol–water partition coefficient (Wildman–Crippen LogP) is 2.39. The smallest absolute Gasteiger partial charge is 0.161 e. The largest absolute Gasteiger partial charge is 0.493 e. The average molecular weight is 248 g/mol. The summed E-state index contributed by atoms with van der Waals surface area (Å²) < 4.78 is 22.6. The van der Waals surface area contributed by atoms with E-state index in [2.05, 4.69) is 0 Å². The molecule has 0 saturated carbocycles. The molecule has 0 saturated heterocycles. The van der Waals surface area contributed by atoms with E-state index in [-0.39, 0.29) is 19.0 Å². The number of hydrogen-bond donors (Lipinski definition) is 1. The molecule has 1 aromatic carbocycles. The Morgan fingerprint density at radius 1 is 1.31 bits per heavy atom. The Bertz CT molecular complexity index is 369. The van der Waals surface area contributed by atoms with E-state index in [1.165, 1.54) is 7.11 Å². The Balaban J connectivity index is 0.00000225. The molecule has 5 heteroatoms. The van der Waals surface area contributed by atoms with Gasteiger partial charge in [-0.05, 0) is 17.7 Å². The molecule has 0 aliphatic rings. The zero-order valence-electron chi connectivity index (χ0n) is 9.20. The van der Waals surface area contributed by atoms with Gasteiger partial charge < -0.3 is 15.2 Å². The molecule has 0 aromatic heterocycles. The van der Waals surface area contributed by atoms with E-state index >= 15 is 0 Å². The van der Waals surface area contributed by atoms with E-state index in [1.54, 1.807) is 25.3 Å². The molecule has 0 bridgehead atoms. The molecule has 1 aromatic rings. The van der Waals surface area contributed by atoms with E-state index in [1.807, 2.05) is 0 Å². The van der Waals surface area contributed by atoms with Crippen LogP contribution in [0.3, 0.4) is 0 Å². The van der Waals surface area contributed by atoms with E-state index in [4.69, 9.17) is 15.2 Å². The first-order valence-corrected chi connectivity index (χ1v) is 4.48. The highest BCUT2D eigenvalue weighted by molar-refractivity contribution is 5.85. The van der Waals surface area contributed by atoms with Crippen LogP contribution in [0, 0.1) is 0 Å². The van der Waals surface area contributed by atoms with E-state index < -0.39 is 0 Å². The number of benzene rings is 1. The zero-order chi connectivity index (χ0) is 11.3. The maximum atomic E-state index is 12.4. The third-order valence-electron chi connectivity index (χ3n) is 2.11. The molecule has 0 radical (unpaired) electrons. The molecule has 3 nitrogen and oxygen atoms in total. The number of rotatable bonds is 4. The van der Waals surface area contributed by atoms with Crippen molar-refractivity contribution < 1.29 is 13.9 Å². The van der Waals surface area contributed by atoms with Crippen molar-refractivity contribution in [2.24, 2.45) is 5.73 Å². The second-order valence-electron chi connectivity index (χ2n) is 2.91. The lowest BCUT2D eigenvalue weighted by Gasteiger charge is -2.10. The molecule has 0 aliphatic heterocycles. The van der Waals surface area contributed by atoms with Crippen LogP contribution < -0.4 is 15.2 Å². The maximum Gasteiger partial charge on any atom is 0.161 e. The van der Waals surface area contributed by atoms with Crippen molar-refractivity contribution in [3.63, 3.8) is 0 Å². The van der Waals surface area contributed by atoms with Gasteiger partial charge in [0, 0.05) is 12.1 Å². The van der Waals surface area contributed by atoms with Gasteiger partial charge in [0.1, 0.15) is 0 Å². The molecule has 0 heterocycles. The Labute approximate surface area is 100 Å². The van der Waals surface area contributed by atoms with Crippen LogP contribution in [-0.4, -0.2) is 20.8 Å². The van der Waals surface area contributed by atoms with Crippen LogP contribution in [0.1, 0.15) is 5.56 Å². The molecule has 0 atom stereocenters. The topological polar surface area (TPSA) is 44.5 Å². The lowest BCUT2D eigenvalue weighted by molar-refractivity contribution is 0.355. The van der Waals surface area contributed by atoms with Crippen LogP contribution in [0.4, 0.5) is 4.39 Å². The first-order chi connectivity index (χ1) is 7.26. The summed E-state index contributed by atoms with van der Waals surface area (Å²) in [5.41, 5.74) is 6.52. The highest BCUT2D eigenvalue weighted by Crippen LogP contribution is 2.30. The lowest BCUT2D eigenvalue weighted by atomic mass is 10.1. The molecule has 2 N–H and O–H groups in total. The normalized spacial score (nSPS) is 10.6. The fourth-order valence-corrected chi connectivity index (χ4v) is 1.26. The van der Waals surface area contributed by atoms with Crippen LogP contribution in [-0.2, 0) is 0 Å².